The van der Waals surface area contributed by atoms with Crippen LogP contribution in [0.2, 0.25) is 0 Å². The van der Waals surface area contributed by atoms with Gasteiger partial charge in [0.15, 0.2) is 0 Å². The first-order chi connectivity index (χ1) is 11.2. The summed E-state index contributed by atoms with van der Waals surface area (Å²) in [5.74, 6) is 0.500. The largest absolute Gasteiger partial charge is 0.465 e. The second kappa shape index (κ2) is 7.79. The third-order valence-corrected chi connectivity index (χ3v) is 5.02. The van der Waals surface area contributed by atoms with Crippen molar-refractivity contribution in [3.63, 3.8) is 0 Å². The Labute approximate surface area is 138 Å². The Bertz CT molecular complexity index is 500. The molecule has 3 rings (SSSR count). The highest BCUT2D eigenvalue weighted by Gasteiger charge is 2.26. The predicted octanol–water partition coefficient (Wildman–Crippen LogP) is 2.19. The molecule has 2 fully saturated rings. The molecule has 5 heteroatoms. The maximum Gasteiger partial charge on any atom is 0.407 e. The van der Waals surface area contributed by atoms with Crippen LogP contribution in [0.3, 0.4) is 0 Å². The summed E-state index contributed by atoms with van der Waals surface area (Å²) in [4.78, 5) is 17.7. The number of nitrogens with zero attached hydrogens (tertiary/aromatic N) is 3. The zero-order valence-corrected chi connectivity index (χ0v) is 13.7. The molecule has 1 atom stereocenters. The molecule has 2 aliphatic rings. The van der Waals surface area contributed by atoms with Gasteiger partial charge in [0.05, 0.1) is 0 Å². The molecular formula is C18H27N3O2. The minimum atomic E-state index is -0.762. The van der Waals surface area contributed by atoms with Crippen LogP contribution in [0.15, 0.2) is 30.3 Å². The Balaban J connectivity index is 1.41. The van der Waals surface area contributed by atoms with Gasteiger partial charge >= 0.3 is 6.09 Å². The van der Waals surface area contributed by atoms with Gasteiger partial charge in [0.1, 0.15) is 0 Å². The van der Waals surface area contributed by atoms with Crippen LogP contribution in [0.4, 0.5) is 4.79 Å². The van der Waals surface area contributed by atoms with Crippen molar-refractivity contribution >= 4 is 6.09 Å². The molecule has 2 heterocycles. The molecule has 0 spiro atoms. The van der Waals surface area contributed by atoms with Crippen molar-refractivity contribution in [2.75, 3.05) is 45.8 Å². The van der Waals surface area contributed by atoms with E-state index in [1.54, 1.807) is 4.90 Å². The van der Waals surface area contributed by atoms with E-state index in [0.717, 1.165) is 52.1 Å². The molecule has 1 aromatic rings. The molecule has 0 aromatic heterocycles. The van der Waals surface area contributed by atoms with Crippen molar-refractivity contribution < 1.29 is 9.90 Å². The van der Waals surface area contributed by atoms with E-state index < -0.39 is 6.09 Å². The number of piperazine rings is 1. The summed E-state index contributed by atoms with van der Waals surface area (Å²) in [5, 5.41) is 9.14. The van der Waals surface area contributed by atoms with Gasteiger partial charge in [-0.05, 0) is 24.3 Å². The molecule has 0 unspecified atom stereocenters. The molecule has 2 saturated heterocycles. The van der Waals surface area contributed by atoms with E-state index >= 15 is 0 Å². The predicted molar refractivity (Wildman–Crippen MR) is 90.5 cm³/mol. The van der Waals surface area contributed by atoms with E-state index in [4.69, 9.17) is 5.11 Å². The number of amides is 1. The number of piperidine rings is 1. The molecule has 1 amide bonds. The van der Waals surface area contributed by atoms with Gasteiger partial charge in [-0.15, -0.1) is 0 Å². The number of likely N-dealkylation sites (tertiary alicyclic amines) is 1. The van der Waals surface area contributed by atoms with Gasteiger partial charge in [0.2, 0.25) is 0 Å². The van der Waals surface area contributed by atoms with Crippen molar-refractivity contribution in [3.05, 3.63) is 35.9 Å². The highest BCUT2D eigenvalue weighted by molar-refractivity contribution is 5.65. The normalized spacial score (nSPS) is 23.8. The van der Waals surface area contributed by atoms with Gasteiger partial charge in [-0.1, -0.05) is 30.3 Å². The lowest BCUT2D eigenvalue weighted by Crippen LogP contribution is -2.49. The fourth-order valence-corrected chi connectivity index (χ4v) is 3.72. The van der Waals surface area contributed by atoms with Crippen LogP contribution in [0, 0.1) is 5.92 Å². The molecule has 1 N–H and O–H groups in total. The smallest absolute Gasteiger partial charge is 0.407 e. The van der Waals surface area contributed by atoms with Crippen molar-refractivity contribution in [3.8, 4) is 0 Å². The van der Waals surface area contributed by atoms with Gasteiger partial charge in [-0.2, -0.15) is 0 Å². The van der Waals surface area contributed by atoms with Gasteiger partial charge in [-0.3, -0.25) is 4.90 Å². The Morgan fingerprint density at radius 2 is 1.74 bits per heavy atom. The van der Waals surface area contributed by atoms with E-state index in [1.165, 1.54) is 5.56 Å². The van der Waals surface area contributed by atoms with E-state index in [2.05, 4.69) is 40.1 Å². The number of rotatable bonds is 4. The van der Waals surface area contributed by atoms with Crippen molar-refractivity contribution in [2.24, 2.45) is 5.92 Å². The quantitative estimate of drug-likeness (QED) is 0.925. The molecule has 0 radical (unpaired) electrons. The van der Waals surface area contributed by atoms with E-state index in [9.17, 15) is 4.79 Å². The monoisotopic (exact) mass is 317 g/mol. The maximum absolute atomic E-state index is 11.1. The third-order valence-electron chi connectivity index (χ3n) is 5.02. The number of hydrogen-bond acceptors (Lipinski definition) is 3. The Hall–Kier alpha value is -1.59. The minimum Gasteiger partial charge on any atom is -0.465 e. The number of carboxylic acid groups (broad SMARTS) is 1. The minimum absolute atomic E-state index is 0.500. The van der Waals surface area contributed by atoms with Crippen LogP contribution in [-0.4, -0.2) is 71.7 Å². The standard InChI is InChI=1S/C18H27N3O2/c22-18(23)21-8-4-7-17(15-21)14-20-11-9-19(10-12-20)13-16-5-2-1-3-6-16/h1-3,5-6,17H,4,7-15H2,(H,22,23)/t17-/m0/s1. The van der Waals surface area contributed by atoms with E-state index in [0.29, 0.717) is 19.0 Å². The van der Waals surface area contributed by atoms with Gasteiger partial charge < -0.3 is 14.9 Å². The molecule has 0 saturated carbocycles. The first kappa shape index (κ1) is 16.3. The maximum atomic E-state index is 11.1. The first-order valence-corrected chi connectivity index (χ1v) is 8.67. The molecule has 2 aliphatic heterocycles. The summed E-state index contributed by atoms with van der Waals surface area (Å²) in [6.07, 6.45) is 1.40. The fraction of sp³-hybridized carbons (Fsp3) is 0.611. The number of benzene rings is 1. The van der Waals surface area contributed by atoms with Gasteiger partial charge in [0, 0.05) is 52.4 Å². The van der Waals surface area contributed by atoms with Crippen LogP contribution >= 0.6 is 0 Å². The Morgan fingerprint density at radius 1 is 1.04 bits per heavy atom. The van der Waals surface area contributed by atoms with Crippen molar-refractivity contribution in [2.45, 2.75) is 19.4 Å². The zero-order chi connectivity index (χ0) is 16.1. The number of carbonyl (C=O) groups is 1. The average Bonchev–Trinajstić information content (AvgIpc) is 2.58. The summed E-state index contributed by atoms with van der Waals surface area (Å²) in [5.41, 5.74) is 1.38. The second-order valence-corrected chi connectivity index (χ2v) is 6.80. The summed E-state index contributed by atoms with van der Waals surface area (Å²) in [7, 11) is 0. The summed E-state index contributed by atoms with van der Waals surface area (Å²) in [6.45, 7) is 7.88. The summed E-state index contributed by atoms with van der Waals surface area (Å²) < 4.78 is 0. The lowest BCUT2D eigenvalue weighted by Gasteiger charge is -2.38. The lowest BCUT2D eigenvalue weighted by atomic mass is 9.97. The third kappa shape index (κ3) is 4.69. The topological polar surface area (TPSA) is 47.0 Å². The summed E-state index contributed by atoms with van der Waals surface area (Å²) in [6, 6.07) is 10.6. The van der Waals surface area contributed by atoms with Crippen LogP contribution in [-0.2, 0) is 6.54 Å². The molecule has 1 aromatic carbocycles. The van der Waals surface area contributed by atoms with Crippen molar-refractivity contribution in [1.29, 1.82) is 0 Å². The van der Waals surface area contributed by atoms with Crippen LogP contribution < -0.4 is 0 Å². The van der Waals surface area contributed by atoms with Crippen molar-refractivity contribution in [1.82, 2.24) is 14.7 Å². The highest BCUT2D eigenvalue weighted by atomic mass is 16.4. The molecule has 0 aliphatic carbocycles. The number of hydrogen-bond donors (Lipinski definition) is 1. The molecular weight excluding hydrogens is 290 g/mol. The molecule has 5 nitrogen and oxygen atoms in total. The molecule has 126 valence electrons. The van der Waals surface area contributed by atoms with Crippen LogP contribution in [0.25, 0.3) is 0 Å². The summed E-state index contributed by atoms with van der Waals surface area (Å²) >= 11 is 0. The second-order valence-electron chi connectivity index (χ2n) is 6.80. The highest BCUT2D eigenvalue weighted by Crippen LogP contribution is 2.19. The average molecular weight is 317 g/mol. The fourth-order valence-electron chi connectivity index (χ4n) is 3.72. The zero-order valence-electron chi connectivity index (χ0n) is 13.7. The first-order valence-electron chi connectivity index (χ1n) is 8.67. The van der Waals surface area contributed by atoms with Crippen LogP contribution in [0.1, 0.15) is 18.4 Å². The Morgan fingerprint density at radius 3 is 2.43 bits per heavy atom. The lowest BCUT2D eigenvalue weighted by molar-refractivity contribution is 0.0820. The van der Waals surface area contributed by atoms with Crippen LogP contribution in [0.5, 0.6) is 0 Å². The molecule has 0 bridgehead atoms. The Kier molecular flexibility index (Phi) is 5.51. The van der Waals surface area contributed by atoms with E-state index in [1.807, 2.05) is 0 Å². The molecule has 23 heavy (non-hydrogen) atoms. The SMILES string of the molecule is O=C(O)N1CCC[C@@H](CN2CCN(Cc3ccccc3)CC2)C1. The van der Waals surface area contributed by atoms with Gasteiger partial charge in [-0.25, -0.2) is 4.79 Å². The van der Waals surface area contributed by atoms with E-state index in [-0.39, 0.29) is 0 Å². The van der Waals surface area contributed by atoms with Gasteiger partial charge in [0.25, 0.3) is 0 Å².